The van der Waals surface area contributed by atoms with Gasteiger partial charge in [-0.2, -0.15) is 0 Å². The van der Waals surface area contributed by atoms with E-state index in [1.165, 1.54) is 14.2 Å². The summed E-state index contributed by atoms with van der Waals surface area (Å²) < 4.78 is 9.40. The number of methoxy groups -OCH3 is 2. The molecule has 0 aliphatic rings. The van der Waals surface area contributed by atoms with Crippen molar-refractivity contribution in [2.75, 3.05) is 27.4 Å². The van der Waals surface area contributed by atoms with E-state index in [2.05, 4.69) is 10.1 Å². The van der Waals surface area contributed by atoms with Crippen molar-refractivity contribution < 1.29 is 24.2 Å². The fraction of sp³-hybridized carbons (Fsp3) is 0.364. The predicted octanol–water partition coefficient (Wildman–Crippen LogP) is 3.51. The number of carbonyl (C=O) groups is 2. The zero-order chi connectivity index (χ0) is 22.1. The van der Waals surface area contributed by atoms with Crippen LogP contribution in [0.3, 0.4) is 0 Å². The maximum atomic E-state index is 11.7. The van der Waals surface area contributed by atoms with Gasteiger partial charge in [0, 0.05) is 23.7 Å². The molecule has 0 aliphatic heterocycles. The van der Waals surface area contributed by atoms with Crippen molar-refractivity contribution in [3.63, 3.8) is 0 Å². The molecular formula is C22H25Cl2NO5. The Morgan fingerprint density at radius 2 is 1.67 bits per heavy atom. The Morgan fingerprint density at radius 3 is 2.23 bits per heavy atom. The van der Waals surface area contributed by atoms with E-state index in [1.807, 2.05) is 36.4 Å². The molecule has 1 unspecified atom stereocenters. The van der Waals surface area contributed by atoms with Gasteiger partial charge in [-0.15, -0.1) is 0 Å². The van der Waals surface area contributed by atoms with Gasteiger partial charge < -0.3 is 19.9 Å². The van der Waals surface area contributed by atoms with E-state index in [0.717, 1.165) is 16.7 Å². The molecule has 0 saturated heterocycles. The Bertz CT molecular complexity index is 837. The van der Waals surface area contributed by atoms with Crippen LogP contribution < -0.4 is 5.32 Å². The number of rotatable bonds is 10. The second kappa shape index (κ2) is 11.9. The van der Waals surface area contributed by atoms with Gasteiger partial charge in [0.25, 0.3) is 0 Å². The summed E-state index contributed by atoms with van der Waals surface area (Å²) in [6.45, 7) is 0.241. The normalized spacial score (nSPS) is 12.8. The average molecular weight is 454 g/mol. The van der Waals surface area contributed by atoms with E-state index in [4.69, 9.17) is 27.9 Å². The summed E-state index contributed by atoms with van der Waals surface area (Å²) in [6, 6.07) is 13.2. The van der Waals surface area contributed by atoms with Crippen molar-refractivity contribution in [3.8, 4) is 11.1 Å². The molecule has 2 N–H and O–H groups in total. The van der Waals surface area contributed by atoms with Crippen LogP contribution in [0.2, 0.25) is 10.0 Å². The highest BCUT2D eigenvalue weighted by atomic mass is 35.5. The van der Waals surface area contributed by atoms with Crippen molar-refractivity contribution >= 4 is 35.1 Å². The third-order valence-electron chi connectivity index (χ3n) is 4.57. The number of aliphatic hydroxyl groups is 1. The Kier molecular flexibility index (Phi) is 9.59. The predicted molar refractivity (Wildman–Crippen MR) is 117 cm³/mol. The molecule has 1 amide bonds. The molecule has 162 valence electrons. The smallest absolute Gasteiger partial charge is 0.334 e. The number of esters is 1. The first-order valence-electron chi connectivity index (χ1n) is 9.39. The lowest BCUT2D eigenvalue weighted by atomic mass is 9.92. The molecule has 0 heterocycles. The largest absolute Gasteiger partial charge is 0.467 e. The Morgan fingerprint density at radius 1 is 1.03 bits per heavy atom. The van der Waals surface area contributed by atoms with Gasteiger partial charge in [0.15, 0.2) is 6.10 Å². The van der Waals surface area contributed by atoms with Gasteiger partial charge in [0.1, 0.15) is 6.61 Å². The molecule has 2 aromatic carbocycles. The number of benzene rings is 2. The summed E-state index contributed by atoms with van der Waals surface area (Å²) in [4.78, 5) is 23.3. The summed E-state index contributed by atoms with van der Waals surface area (Å²) in [5.74, 6) is -1.13. The Hall–Kier alpha value is -2.12. The number of hydrogen-bond acceptors (Lipinski definition) is 5. The lowest BCUT2D eigenvalue weighted by Gasteiger charge is -2.20. The highest BCUT2D eigenvalue weighted by Gasteiger charge is 2.22. The van der Waals surface area contributed by atoms with Crippen molar-refractivity contribution in [2.24, 2.45) is 5.92 Å². The van der Waals surface area contributed by atoms with Gasteiger partial charge in [-0.25, -0.2) is 4.79 Å². The molecule has 6 nitrogen and oxygen atoms in total. The van der Waals surface area contributed by atoms with Crippen molar-refractivity contribution in [1.82, 2.24) is 5.32 Å². The monoisotopic (exact) mass is 453 g/mol. The molecule has 0 aliphatic carbocycles. The minimum Gasteiger partial charge on any atom is -0.467 e. The maximum absolute atomic E-state index is 11.7. The van der Waals surface area contributed by atoms with Crippen molar-refractivity contribution in [2.45, 2.75) is 18.9 Å². The zero-order valence-electron chi connectivity index (χ0n) is 16.9. The fourth-order valence-electron chi connectivity index (χ4n) is 3.11. The van der Waals surface area contributed by atoms with Gasteiger partial charge >= 0.3 is 5.97 Å². The number of halogens is 2. The molecule has 8 heteroatoms. The highest BCUT2D eigenvalue weighted by Crippen LogP contribution is 2.28. The van der Waals surface area contributed by atoms with E-state index >= 15 is 0 Å². The van der Waals surface area contributed by atoms with Crippen LogP contribution in [-0.2, 0) is 25.5 Å². The molecule has 30 heavy (non-hydrogen) atoms. The van der Waals surface area contributed by atoms with Gasteiger partial charge in [-0.1, -0.05) is 47.5 Å². The van der Waals surface area contributed by atoms with Crippen LogP contribution in [0.5, 0.6) is 0 Å². The minimum atomic E-state index is -1.26. The summed E-state index contributed by atoms with van der Waals surface area (Å²) >= 11 is 12.2. The Balaban J connectivity index is 2.10. The molecule has 0 aromatic heterocycles. The van der Waals surface area contributed by atoms with Gasteiger partial charge in [0.05, 0.1) is 7.11 Å². The standard InChI is InChI=1S/C22H25Cl2NO5/c1-29-13-21(27)25-12-15(8-20(26)22(28)30-2)7-14-3-5-16(6-4-14)17-9-18(23)11-19(24)10-17/h3-6,9-11,15,20,26H,7-8,12-13H2,1-2H3,(H,25,27)/t15?,20-/m1/s1. The van der Waals surface area contributed by atoms with E-state index in [1.54, 1.807) is 6.07 Å². The van der Waals surface area contributed by atoms with E-state index < -0.39 is 12.1 Å². The van der Waals surface area contributed by atoms with Gasteiger partial charge in [-0.05, 0) is 53.6 Å². The first-order chi connectivity index (χ1) is 14.3. The molecule has 0 saturated carbocycles. The number of aliphatic hydroxyl groups excluding tert-OH is 1. The van der Waals surface area contributed by atoms with Crippen LogP contribution in [0.4, 0.5) is 0 Å². The number of amides is 1. The molecule has 0 radical (unpaired) electrons. The van der Waals surface area contributed by atoms with Crippen LogP contribution in [0.1, 0.15) is 12.0 Å². The first-order valence-corrected chi connectivity index (χ1v) is 10.1. The molecule has 0 bridgehead atoms. The van der Waals surface area contributed by atoms with Crippen LogP contribution in [0.15, 0.2) is 42.5 Å². The zero-order valence-corrected chi connectivity index (χ0v) is 18.4. The number of nitrogens with one attached hydrogen (secondary N) is 1. The summed E-state index contributed by atoms with van der Waals surface area (Å²) in [7, 11) is 2.66. The van der Waals surface area contributed by atoms with Crippen LogP contribution >= 0.6 is 23.2 Å². The van der Waals surface area contributed by atoms with Crippen LogP contribution in [0.25, 0.3) is 11.1 Å². The van der Waals surface area contributed by atoms with Crippen molar-refractivity contribution in [1.29, 1.82) is 0 Å². The van der Waals surface area contributed by atoms with Crippen molar-refractivity contribution in [3.05, 3.63) is 58.1 Å². The van der Waals surface area contributed by atoms with Gasteiger partial charge in [0.2, 0.25) is 5.91 Å². The molecule has 0 fully saturated rings. The summed E-state index contributed by atoms with van der Waals surface area (Å²) in [5.41, 5.74) is 2.86. The third-order valence-corrected chi connectivity index (χ3v) is 5.00. The van der Waals surface area contributed by atoms with Crippen LogP contribution in [-0.4, -0.2) is 50.5 Å². The van der Waals surface area contributed by atoms with E-state index in [0.29, 0.717) is 23.0 Å². The number of hydrogen-bond donors (Lipinski definition) is 2. The lowest BCUT2D eigenvalue weighted by Crippen LogP contribution is -2.35. The molecule has 2 rings (SSSR count). The second-order valence-corrected chi connectivity index (χ2v) is 7.81. The first kappa shape index (κ1) is 24.2. The fourth-order valence-corrected chi connectivity index (χ4v) is 3.64. The third kappa shape index (κ3) is 7.61. The van der Waals surface area contributed by atoms with Gasteiger partial charge in [-0.3, -0.25) is 4.79 Å². The number of ether oxygens (including phenoxy) is 2. The Labute approximate surface area is 186 Å². The van der Waals surface area contributed by atoms with Crippen LogP contribution in [0, 0.1) is 5.92 Å². The summed E-state index contributed by atoms with van der Waals surface area (Å²) in [6.07, 6.45) is -0.545. The minimum absolute atomic E-state index is 0.0524. The summed E-state index contributed by atoms with van der Waals surface area (Å²) in [5, 5.41) is 13.9. The molecule has 2 atom stereocenters. The molecule has 0 spiro atoms. The molecular weight excluding hydrogens is 429 g/mol. The lowest BCUT2D eigenvalue weighted by molar-refractivity contribution is -0.151. The second-order valence-electron chi connectivity index (χ2n) is 6.94. The van der Waals surface area contributed by atoms with E-state index in [-0.39, 0.29) is 24.9 Å². The quantitative estimate of drug-likeness (QED) is 0.537. The average Bonchev–Trinajstić information content (AvgIpc) is 2.71. The number of carbonyl (C=O) groups excluding carboxylic acids is 2. The SMILES string of the molecule is COCC(=O)NCC(Cc1ccc(-c2cc(Cl)cc(Cl)c2)cc1)C[C@@H](O)C(=O)OC. The topological polar surface area (TPSA) is 84.9 Å². The molecule has 2 aromatic rings. The maximum Gasteiger partial charge on any atom is 0.334 e. The van der Waals surface area contributed by atoms with E-state index in [9.17, 15) is 14.7 Å². The highest BCUT2D eigenvalue weighted by molar-refractivity contribution is 6.35.